The highest BCUT2D eigenvalue weighted by Crippen LogP contribution is 2.26. The van der Waals surface area contributed by atoms with Gasteiger partial charge in [-0.1, -0.05) is 57.8 Å². The molecule has 5 nitrogen and oxygen atoms in total. The lowest BCUT2D eigenvalue weighted by molar-refractivity contribution is 0.381. The van der Waals surface area contributed by atoms with Crippen LogP contribution in [0.15, 0.2) is 0 Å². The van der Waals surface area contributed by atoms with Crippen molar-refractivity contribution >= 4 is 23.0 Å². The molecule has 0 amide bonds. The van der Waals surface area contributed by atoms with Gasteiger partial charge >= 0.3 is 10.4 Å². The van der Waals surface area contributed by atoms with E-state index in [1.165, 1.54) is 70.8 Å². The predicted molar refractivity (Wildman–Crippen MR) is 90.6 cm³/mol. The molecular formula is C14H31NO4S2. The number of hydrogen-bond donors (Lipinski definition) is 4. The molecule has 1 rings (SSSR count). The molecule has 0 aromatic carbocycles. The first-order valence-corrected chi connectivity index (χ1v) is 9.98. The van der Waals surface area contributed by atoms with Gasteiger partial charge < -0.3 is 5.32 Å². The summed E-state index contributed by atoms with van der Waals surface area (Å²) in [6, 6.07) is 0. The average molecular weight is 342 g/mol. The number of rotatable bonds is 8. The van der Waals surface area contributed by atoms with Crippen LogP contribution in [0.1, 0.15) is 64.2 Å². The van der Waals surface area contributed by atoms with E-state index in [0.29, 0.717) is 0 Å². The lowest BCUT2D eigenvalue weighted by Crippen LogP contribution is -2.17. The van der Waals surface area contributed by atoms with Crippen LogP contribution in [0.3, 0.4) is 0 Å². The fourth-order valence-electron chi connectivity index (χ4n) is 2.72. The molecule has 1 fully saturated rings. The van der Waals surface area contributed by atoms with Crippen molar-refractivity contribution in [3.8, 4) is 0 Å². The molecule has 0 heterocycles. The summed E-state index contributed by atoms with van der Waals surface area (Å²) >= 11 is 4.18. The van der Waals surface area contributed by atoms with Crippen LogP contribution in [0.25, 0.3) is 0 Å². The maximum atomic E-state index is 8.74. The monoisotopic (exact) mass is 341 g/mol. The maximum Gasteiger partial charge on any atom is 0.394 e. The van der Waals surface area contributed by atoms with Gasteiger partial charge in [0.15, 0.2) is 0 Å². The van der Waals surface area contributed by atoms with E-state index in [4.69, 9.17) is 17.5 Å². The van der Waals surface area contributed by atoms with Gasteiger partial charge in [-0.3, -0.25) is 9.11 Å². The predicted octanol–water partition coefficient (Wildman–Crippen LogP) is 3.38. The van der Waals surface area contributed by atoms with Gasteiger partial charge in [-0.15, -0.1) is 0 Å². The smallest absolute Gasteiger partial charge is 0.316 e. The standard InChI is InChI=1S/C14H29NS.H2O4S/c16-13-12-15-11-7-3-6-10-14-8-4-1-2-5-9-14;1-5(2,3)4/h14-16H,1-13H2;(H2,1,2,3,4). The number of unbranched alkanes of at least 4 members (excludes halogenated alkanes) is 2. The van der Waals surface area contributed by atoms with Crippen molar-refractivity contribution in [2.24, 2.45) is 5.92 Å². The fourth-order valence-corrected chi connectivity index (χ4v) is 2.87. The molecule has 1 saturated carbocycles. The van der Waals surface area contributed by atoms with E-state index in [1.807, 2.05) is 0 Å². The van der Waals surface area contributed by atoms with E-state index in [2.05, 4.69) is 17.9 Å². The fraction of sp³-hybridized carbons (Fsp3) is 1.00. The Kier molecular flexibility index (Phi) is 13.9. The third kappa shape index (κ3) is 20.2. The highest BCUT2D eigenvalue weighted by Gasteiger charge is 2.11. The molecule has 0 saturated heterocycles. The number of nitrogens with one attached hydrogen (secondary N) is 1. The number of thiol groups is 1. The summed E-state index contributed by atoms with van der Waals surface area (Å²) in [4.78, 5) is 0. The van der Waals surface area contributed by atoms with Crippen LogP contribution in [-0.4, -0.2) is 36.4 Å². The molecular weight excluding hydrogens is 310 g/mol. The first-order chi connectivity index (χ1) is 9.93. The van der Waals surface area contributed by atoms with Gasteiger partial charge in [0, 0.05) is 12.3 Å². The first kappa shape index (κ1) is 21.2. The van der Waals surface area contributed by atoms with E-state index in [9.17, 15) is 0 Å². The largest absolute Gasteiger partial charge is 0.394 e. The minimum atomic E-state index is -4.67. The van der Waals surface area contributed by atoms with Gasteiger partial charge in [-0.2, -0.15) is 21.0 Å². The quantitative estimate of drug-likeness (QED) is 0.235. The molecule has 128 valence electrons. The normalized spacial score (nSPS) is 16.9. The van der Waals surface area contributed by atoms with Gasteiger partial charge in [0.25, 0.3) is 0 Å². The molecule has 7 heteroatoms. The van der Waals surface area contributed by atoms with Gasteiger partial charge in [0.1, 0.15) is 0 Å². The second-order valence-electron chi connectivity index (χ2n) is 5.63. The van der Waals surface area contributed by atoms with Gasteiger partial charge in [-0.05, 0) is 18.9 Å². The van der Waals surface area contributed by atoms with E-state index in [1.54, 1.807) is 0 Å². The zero-order valence-corrected chi connectivity index (χ0v) is 14.5. The summed E-state index contributed by atoms with van der Waals surface area (Å²) in [5, 5.41) is 3.41. The van der Waals surface area contributed by atoms with Crippen molar-refractivity contribution in [2.45, 2.75) is 64.2 Å². The van der Waals surface area contributed by atoms with Gasteiger partial charge in [0.2, 0.25) is 0 Å². The van der Waals surface area contributed by atoms with Crippen LogP contribution < -0.4 is 5.32 Å². The van der Waals surface area contributed by atoms with Crippen molar-refractivity contribution in [1.29, 1.82) is 0 Å². The van der Waals surface area contributed by atoms with E-state index in [-0.39, 0.29) is 0 Å². The van der Waals surface area contributed by atoms with Crippen LogP contribution in [0, 0.1) is 5.92 Å². The van der Waals surface area contributed by atoms with Crippen LogP contribution in [0.2, 0.25) is 0 Å². The van der Waals surface area contributed by atoms with E-state index >= 15 is 0 Å². The summed E-state index contributed by atoms with van der Waals surface area (Å²) in [6.07, 6.45) is 14.7. The zero-order valence-electron chi connectivity index (χ0n) is 12.8. The molecule has 1 aliphatic carbocycles. The average Bonchev–Trinajstić information content (AvgIpc) is 2.64. The van der Waals surface area contributed by atoms with E-state index < -0.39 is 10.4 Å². The maximum absolute atomic E-state index is 8.74. The minimum Gasteiger partial charge on any atom is -0.316 e. The topological polar surface area (TPSA) is 86.6 Å². The molecule has 0 aromatic heterocycles. The summed E-state index contributed by atoms with van der Waals surface area (Å²) in [7, 11) is -4.67. The van der Waals surface area contributed by atoms with Crippen molar-refractivity contribution in [3.05, 3.63) is 0 Å². The Bertz CT molecular complexity index is 307. The Morgan fingerprint density at radius 1 is 0.952 bits per heavy atom. The molecule has 0 spiro atoms. The molecule has 0 radical (unpaired) electrons. The Morgan fingerprint density at radius 3 is 2.05 bits per heavy atom. The third-order valence-corrected chi connectivity index (χ3v) is 3.95. The summed E-state index contributed by atoms with van der Waals surface area (Å²) < 4.78 is 31.6. The Hall–Kier alpha value is 0.180. The molecule has 0 bridgehead atoms. The summed E-state index contributed by atoms with van der Waals surface area (Å²) in [5.74, 6) is 2.02. The number of hydrogen-bond acceptors (Lipinski definition) is 4. The zero-order chi connectivity index (χ0) is 16.0. The lowest BCUT2D eigenvalue weighted by Gasteiger charge is -2.13. The summed E-state index contributed by atoms with van der Waals surface area (Å²) in [5.41, 5.74) is 0. The molecule has 0 aliphatic heterocycles. The second kappa shape index (κ2) is 13.8. The third-order valence-electron chi connectivity index (χ3n) is 3.73. The van der Waals surface area contributed by atoms with Crippen LogP contribution >= 0.6 is 12.6 Å². The van der Waals surface area contributed by atoms with Gasteiger partial charge in [-0.25, -0.2) is 0 Å². The summed E-state index contributed by atoms with van der Waals surface area (Å²) in [6.45, 7) is 2.25. The van der Waals surface area contributed by atoms with Crippen LogP contribution in [0.4, 0.5) is 0 Å². The molecule has 0 aromatic rings. The first-order valence-electron chi connectivity index (χ1n) is 7.95. The van der Waals surface area contributed by atoms with Gasteiger partial charge in [0.05, 0.1) is 0 Å². The SMILES string of the molecule is O=S(=O)(O)O.SCCNCCCCCC1CCCCCC1. The highest BCUT2D eigenvalue weighted by atomic mass is 32.3. The van der Waals surface area contributed by atoms with Crippen LogP contribution in [0.5, 0.6) is 0 Å². The highest BCUT2D eigenvalue weighted by molar-refractivity contribution is 7.80. The Morgan fingerprint density at radius 2 is 1.52 bits per heavy atom. The van der Waals surface area contributed by atoms with Crippen LogP contribution in [-0.2, 0) is 10.4 Å². The second-order valence-corrected chi connectivity index (χ2v) is 6.97. The Balaban J connectivity index is 0.000000690. The van der Waals surface area contributed by atoms with Crippen molar-refractivity contribution in [1.82, 2.24) is 5.32 Å². The van der Waals surface area contributed by atoms with Crippen molar-refractivity contribution < 1.29 is 17.5 Å². The van der Waals surface area contributed by atoms with Crippen molar-refractivity contribution in [3.63, 3.8) is 0 Å². The minimum absolute atomic E-state index is 0.960. The molecule has 0 unspecified atom stereocenters. The molecule has 21 heavy (non-hydrogen) atoms. The molecule has 0 atom stereocenters. The van der Waals surface area contributed by atoms with Crippen molar-refractivity contribution in [2.75, 3.05) is 18.8 Å². The Labute approximate surface area is 135 Å². The molecule has 3 N–H and O–H groups in total. The lowest BCUT2D eigenvalue weighted by atomic mass is 9.94. The van der Waals surface area contributed by atoms with E-state index in [0.717, 1.165) is 18.2 Å². The molecule has 1 aliphatic rings.